The first-order chi connectivity index (χ1) is 13.2. The fraction of sp³-hybridized carbons (Fsp3) is 0.550. The number of nitrogens with zero attached hydrogens (tertiary/aromatic N) is 4. The largest absolute Gasteiger partial charge is 0.430 e. The van der Waals surface area contributed by atoms with E-state index in [9.17, 15) is 0 Å². The molecule has 2 aromatic rings. The minimum absolute atomic E-state index is 0.109. The number of aryl methyl sites for hydroxylation is 2. The molecule has 1 aromatic heterocycles. The van der Waals surface area contributed by atoms with Crippen molar-refractivity contribution in [2.24, 2.45) is 10.9 Å². The molecule has 5 nitrogen and oxygen atoms in total. The zero-order valence-electron chi connectivity index (χ0n) is 17.1. The predicted octanol–water partition coefficient (Wildman–Crippen LogP) is 6.03. The topological polar surface area (TPSA) is 50.6 Å². The minimum atomic E-state index is -0.822. The Hall–Kier alpha value is -1.37. The van der Waals surface area contributed by atoms with Crippen LogP contribution in [0.25, 0.3) is 0 Å². The fourth-order valence-corrected chi connectivity index (χ4v) is 5.12. The third-order valence-corrected chi connectivity index (χ3v) is 7.67. The van der Waals surface area contributed by atoms with Crippen LogP contribution in [0.1, 0.15) is 44.1 Å². The van der Waals surface area contributed by atoms with E-state index in [1.54, 1.807) is 0 Å². The number of alkyl halides is 2. The summed E-state index contributed by atoms with van der Waals surface area (Å²) in [7, 11) is 2.00. The van der Waals surface area contributed by atoms with Crippen LogP contribution in [-0.4, -0.2) is 38.5 Å². The predicted molar refractivity (Wildman–Crippen MR) is 118 cm³/mol. The van der Waals surface area contributed by atoms with Gasteiger partial charge in [-0.15, -0.1) is 23.2 Å². The highest BCUT2D eigenvalue weighted by atomic mass is 35.5. The molecule has 1 aliphatic carbocycles. The molecule has 152 valence electrons. The summed E-state index contributed by atoms with van der Waals surface area (Å²) < 4.78 is 9.72. The van der Waals surface area contributed by atoms with Crippen LogP contribution in [0.5, 0.6) is 10.9 Å². The summed E-state index contributed by atoms with van der Waals surface area (Å²) >= 11 is 14.2. The lowest BCUT2D eigenvalue weighted by Gasteiger charge is -2.12. The average Bonchev–Trinajstić information content (AvgIpc) is 2.96. The van der Waals surface area contributed by atoms with Crippen molar-refractivity contribution < 1.29 is 4.74 Å². The van der Waals surface area contributed by atoms with Gasteiger partial charge in [0.1, 0.15) is 10.1 Å². The standard InChI is InChI=1S/C20H26Cl2N4OS/c1-7-19(14(5)20(19,21)22)17-24-18(28-25-17)27-16-10-12(3)15(9-13(16)4)23-11-26(6)8-2/h9-11,14H,7-8H2,1-6H3. The quantitative estimate of drug-likeness (QED) is 0.299. The molecule has 0 spiro atoms. The van der Waals surface area contributed by atoms with Gasteiger partial charge >= 0.3 is 0 Å². The highest BCUT2D eigenvalue weighted by Gasteiger charge is 2.75. The molecule has 1 aromatic carbocycles. The molecule has 8 heteroatoms. The van der Waals surface area contributed by atoms with Gasteiger partial charge in [-0.05, 0) is 50.5 Å². The second-order valence-corrected chi connectivity index (χ2v) is 9.48. The van der Waals surface area contributed by atoms with E-state index in [1.807, 2.05) is 51.2 Å². The molecule has 2 atom stereocenters. The number of ether oxygens (including phenoxy) is 1. The Bertz CT molecular complexity index is 898. The Labute approximate surface area is 180 Å². The molecule has 2 unspecified atom stereocenters. The van der Waals surface area contributed by atoms with Crippen molar-refractivity contribution in [3.05, 3.63) is 29.1 Å². The third kappa shape index (κ3) is 3.51. The highest BCUT2D eigenvalue weighted by molar-refractivity contribution is 7.07. The van der Waals surface area contributed by atoms with Crippen molar-refractivity contribution in [2.75, 3.05) is 13.6 Å². The molecule has 0 bridgehead atoms. The zero-order chi connectivity index (χ0) is 20.7. The van der Waals surface area contributed by atoms with Crippen molar-refractivity contribution in [2.45, 2.75) is 50.8 Å². The van der Waals surface area contributed by atoms with E-state index in [2.05, 4.69) is 28.2 Å². The van der Waals surface area contributed by atoms with Gasteiger partial charge in [0.05, 0.1) is 17.4 Å². The Morgan fingerprint density at radius 3 is 2.54 bits per heavy atom. The van der Waals surface area contributed by atoms with Crippen molar-refractivity contribution in [1.29, 1.82) is 0 Å². The van der Waals surface area contributed by atoms with E-state index >= 15 is 0 Å². The molecule has 0 amide bonds. The van der Waals surface area contributed by atoms with Gasteiger partial charge in [0.2, 0.25) is 0 Å². The average molecular weight is 441 g/mol. The van der Waals surface area contributed by atoms with Crippen molar-refractivity contribution >= 4 is 46.8 Å². The molecule has 0 radical (unpaired) electrons. The summed E-state index contributed by atoms with van der Waals surface area (Å²) in [5, 5.41) is 0.496. The van der Waals surface area contributed by atoms with E-state index in [4.69, 9.17) is 27.9 Å². The molecular weight excluding hydrogens is 415 g/mol. The van der Waals surface area contributed by atoms with E-state index in [1.165, 1.54) is 11.5 Å². The molecule has 1 saturated carbocycles. The molecule has 1 heterocycles. The third-order valence-electron chi connectivity index (χ3n) is 5.74. The molecule has 3 rings (SSSR count). The van der Waals surface area contributed by atoms with Gasteiger partial charge in [-0.25, -0.2) is 4.99 Å². The minimum Gasteiger partial charge on any atom is -0.430 e. The number of rotatable bonds is 7. The summed E-state index contributed by atoms with van der Waals surface area (Å²) in [6, 6.07) is 4.00. The van der Waals surface area contributed by atoms with Crippen LogP contribution in [0.3, 0.4) is 0 Å². The molecule has 0 aliphatic heterocycles. The monoisotopic (exact) mass is 440 g/mol. The van der Waals surface area contributed by atoms with Crippen LogP contribution in [0.15, 0.2) is 17.1 Å². The van der Waals surface area contributed by atoms with Gasteiger partial charge in [-0.1, -0.05) is 13.8 Å². The Balaban J connectivity index is 1.81. The Morgan fingerprint density at radius 1 is 1.29 bits per heavy atom. The van der Waals surface area contributed by atoms with Gasteiger partial charge in [0, 0.05) is 31.0 Å². The van der Waals surface area contributed by atoms with E-state index in [0.717, 1.165) is 35.5 Å². The molecule has 0 N–H and O–H groups in total. The summed E-state index contributed by atoms with van der Waals surface area (Å²) in [5.41, 5.74) is 2.55. The number of halogens is 2. The summed E-state index contributed by atoms with van der Waals surface area (Å²) in [6.07, 6.45) is 2.62. The van der Waals surface area contributed by atoms with E-state index in [0.29, 0.717) is 11.0 Å². The molecule has 1 fully saturated rings. The number of hydrogen-bond donors (Lipinski definition) is 0. The van der Waals surface area contributed by atoms with Gasteiger partial charge in [-0.3, -0.25) is 0 Å². The molecule has 0 saturated heterocycles. The first kappa shape index (κ1) is 21.3. The van der Waals surface area contributed by atoms with Crippen LogP contribution in [0, 0.1) is 19.8 Å². The van der Waals surface area contributed by atoms with Crippen molar-refractivity contribution in [1.82, 2.24) is 14.3 Å². The molecular formula is C20H26Cl2N4OS. The Kier molecular flexibility index (Phi) is 5.95. The highest BCUT2D eigenvalue weighted by Crippen LogP contribution is 2.70. The maximum atomic E-state index is 6.48. The summed E-state index contributed by atoms with van der Waals surface area (Å²) in [6.45, 7) is 11.1. The molecule has 28 heavy (non-hydrogen) atoms. The van der Waals surface area contributed by atoms with Gasteiger partial charge < -0.3 is 9.64 Å². The van der Waals surface area contributed by atoms with E-state index in [-0.39, 0.29) is 5.92 Å². The van der Waals surface area contributed by atoms with Crippen molar-refractivity contribution in [3.8, 4) is 10.9 Å². The molecule has 1 aliphatic rings. The van der Waals surface area contributed by atoms with Crippen LogP contribution < -0.4 is 4.74 Å². The van der Waals surface area contributed by atoms with Crippen LogP contribution in [0.2, 0.25) is 0 Å². The summed E-state index contributed by atoms with van der Waals surface area (Å²) in [4.78, 5) is 11.2. The lowest BCUT2D eigenvalue weighted by molar-refractivity contribution is 0.467. The summed E-state index contributed by atoms with van der Waals surface area (Å²) in [5.74, 6) is 1.53. The van der Waals surface area contributed by atoms with Crippen LogP contribution in [-0.2, 0) is 5.41 Å². The lowest BCUT2D eigenvalue weighted by Crippen LogP contribution is -2.16. The first-order valence-corrected chi connectivity index (χ1v) is 11.0. The van der Waals surface area contributed by atoms with Crippen LogP contribution in [0.4, 0.5) is 5.69 Å². The van der Waals surface area contributed by atoms with Gasteiger partial charge in [0.15, 0.2) is 5.82 Å². The zero-order valence-corrected chi connectivity index (χ0v) is 19.4. The lowest BCUT2D eigenvalue weighted by atomic mass is 10.00. The first-order valence-electron chi connectivity index (χ1n) is 9.42. The SMILES string of the molecule is CCN(C)C=Nc1cc(C)c(Oc2nc(C3(CC)C(C)C3(Cl)Cl)ns2)cc1C. The number of aliphatic imine (C=N–C) groups is 1. The Morgan fingerprint density at radius 2 is 1.96 bits per heavy atom. The van der Waals surface area contributed by atoms with Gasteiger partial charge in [-0.2, -0.15) is 9.36 Å². The fourth-order valence-electron chi connectivity index (χ4n) is 3.47. The number of hydrogen-bond acceptors (Lipinski definition) is 5. The smallest absolute Gasteiger partial charge is 0.298 e. The maximum absolute atomic E-state index is 6.48. The number of aromatic nitrogens is 2. The second-order valence-electron chi connectivity index (χ2n) is 7.38. The number of benzene rings is 1. The van der Waals surface area contributed by atoms with E-state index < -0.39 is 9.75 Å². The van der Waals surface area contributed by atoms with Crippen LogP contribution >= 0.6 is 34.7 Å². The normalized spacial score (nSPS) is 23.2. The van der Waals surface area contributed by atoms with Crippen molar-refractivity contribution in [3.63, 3.8) is 0 Å². The van der Waals surface area contributed by atoms with Gasteiger partial charge in [0.25, 0.3) is 5.19 Å². The maximum Gasteiger partial charge on any atom is 0.298 e. The second kappa shape index (κ2) is 7.81.